The molecule has 0 unspecified atom stereocenters. The molecule has 2 aliphatic heterocycles. The van der Waals surface area contributed by atoms with Gasteiger partial charge in [-0.3, -0.25) is 19.4 Å². The van der Waals surface area contributed by atoms with E-state index in [4.69, 9.17) is 24.5 Å². The first-order valence-corrected chi connectivity index (χ1v) is 17.0. The summed E-state index contributed by atoms with van der Waals surface area (Å²) in [6.07, 6.45) is 2.76. The number of rotatable bonds is 10. The fraction of sp³-hybridized carbons (Fsp3) is 0.333. The highest BCUT2D eigenvalue weighted by atomic mass is 32.1. The molecule has 9 nitrogen and oxygen atoms in total. The second-order valence-electron chi connectivity index (χ2n) is 12.2. The average molecular weight is 689 g/mol. The Bertz CT molecular complexity index is 2030. The third kappa shape index (κ3) is 6.33. The minimum absolute atomic E-state index is 0.0172. The van der Waals surface area contributed by atoms with Crippen LogP contribution in [-0.4, -0.2) is 81.6 Å². The molecule has 1 fully saturated rings. The van der Waals surface area contributed by atoms with Crippen LogP contribution in [-0.2, 0) is 22.6 Å². The molecule has 5 aromatic rings. The maximum atomic E-state index is 16.1. The van der Waals surface area contributed by atoms with Gasteiger partial charge in [-0.2, -0.15) is 5.10 Å². The maximum Gasteiger partial charge on any atom is 0.246 e. The number of amides is 1. The van der Waals surface area contributed by atoms with Crippen molar-refractivity contribution in [2.75, 3.05) is 40.0 Å². The van der Waals surface area contributed by atoms with Crippen LogP contribution in [0.3, 0.4) is 0 Å². The van der Waals surface area contributed by atoms with Crippen LogP contribution in [0, 0.1) is 11.6 Å². The number of alkyl halides is 1. The lowest BCUT2D eigenvalue weighted by Gasteiger charge is -2.33. The first kappa shape index (κ1) is 32.9. The largest absolute Gasteiger partial charge is 0.490 e. The molecule has 0 saturated carbocycles. The second kappa shape index (κ2) is 13.7. The smallest absolute Gasteiger partial charge is 0.246 e. The lowest BCUT2D eigenvalue weighted by atomic mass is 9.96. The van der Waals surface area contributed by atoms with Gasteiger partial charge in [0.15, 0.2) is 0 Å². The van der Waals surface area contributed by atoms with E-state index in [9.17, 15) is 13.6 Å². The Morgan fingerprint density at radius 3 is 2.69 bits per heavy atom. The molecular formula is C36H35F3N6O3S. The van der Waals surface area contributed by atoms with E-state index in [1.54, 1.807) is 11.1 Å². The van der Waals surface area contributed by atoms with Gasteiger partial charge in [0, 0.05) is 72.8 Å². The summed E-state index contributed by atoms with van der Waals surface area (Å²) in [6, 6.07) is 9.33. The predicted octanol–water partition coefficient (Wildman–Crippen LogP) is 6.83. The molecule has 2 atom stereocenters. The predicted molar refractivity (Wildman–Crippen MR) is 182 cm³/mol. The van der Waals surface area contributed by atoms with Crippen molar-refractivity contribution < 1.29 is 27.4 Å². The Hall–Kier alpha value is -4.59. The van der Waals surface area contributed by atoms with Crippen molar-refractivity contribution in [3.8, 4) is 39.5 Å². The Kier molecular flexibility index (Phi) is 9.23. The SMILES string of the molecule is C=CC(=O)N1CCn2nc(-c3nc(-c4ccc(CN5CC[C@H](F)C5)nc4)c4ccsc4c3-c3c(F)cc(F)cc3OCCOC)cc2[C@H]1C. The zero-order valence-electron chi connectivity index (χ0n) is 27.2. The van der Waals surface area contributed by atoms with Crippen LogP contribution in [0.25, 0.3) is 43.9 Å². The zero-order chi connectivity index (χ0) is 34.2. The van der Waals surface area contributed by atoms with Crippen molar-refractivity contribution in [1.82, 2.24) is 29.5 Å². The van der Waals surface area contributed by atoms with E-state index in [0.29, 0.717) is 66.5 Å². The molecule has 254 valence electrons. The number of carbonyl (C=O) groups excluding carboxylic acids is 1. The van der Waals surface area contributed by atoms with Crippen molar-refractivity contribution in [1.29, 1.82) is 0 Å². The van der Waals surface area contributed by atoms with Gasteiger partial charge in [0.05, 0.1) is 41.8 Å². The number of pyridine rings is 2. The van der Waals surface area contributed by atoms with Gasteiger partial charge in [0.1, 0.15) is 41.6 Å². The maximum absolute atomic E-state index is 16.1. The summed E-state index contributed by atoms with van der Waals surface area (Å²) in [5.41, 5.74) is 4.28. The molecule has 2 aliphatic rings. The third-order valence-corrected chi connectivity index (χ3v) is 10.0. The second-order valence-corrected chi connectivity index (χ2v) is 13.1. The van der Waals surface area contributed by atoms with Gasteiger partial charge in [0.2, 0.25) is 5.91 Å². The molecule has 1 amide bonds. The molecule has 4 aromatic heterocycles. The monoisotopic (exact) mass is 688 g/mol. The quantitative estimate of drug-likeness (QED) is 0.118. The highest BCUT2D eigenvalue weighted by Crippen LogP contribution is 2.47. The van der Waals surface area contributed by atoms with Crippen LogP contribution < -0.4 is 4.74 Å². The van der Waals surface area contributed by atoms with Crippen molar-refractivity contribution in [2.24, 2.45) is 0 Å². The average Bonchev–Trinajstić information content (AvgIpc) is 3.85. The van der Waals surface area contributed by atoms with Crippen LogP contribution >= 0.6 is 11.3 Å². The summed E-state index contributed by atoms with van der Waals surface area (Å²) in [5.74, 6) is -1.74. The summed E-state index contributed by atoms with van der Waals surface area (Å²) >= 11 is 1.40. The Balaban J connectivity index is 1.40. The topological polar surface area (TPSA) is 85.6 Å². The molecule has 0 radical (unpaired) electrons. The van der Waals surface area contributed by atoms with E-state index < -0.39 is 17.8 Å². The molecule has 13 heteroatoms. The number of likely N-dealkylation sites (tertiary alicyclic amines) is 1. The molecule has 0 spiro atoms. The van der Waals surface area contributed by atoms with E-state index in [1.807, 2.05) is 46.2 Å². The van der Waals surface area contributed by atoms with Gasteiger partial charge in [-0.15, -0.1) is 11.3 Å². The summed E-state index contributed by atoms with van der Waals surface area (Å²) in [6.45, 7) is 8.39. The van der Waals surface area contributed by atoms with Gasteiger partial charge in [-0.05, 0) is 49.1 Å². The van der Waals surface area contributed by atoms with Crippen LogP contribution in [0.4, 0.5) is 13.2 Å². The zero-order valence-corrected chi connectivity index (χ0v) is 28.0. The van der Waals surface area contributed by atoms with E-state index in [-0.39, 0.29) is 36.5 Å². The molecular weight excluding hydrogens is 653 g/mol. The molecule has 49 heavy (non-hydrogen) atoms. The summed E-state index contributed by atoms with van der Waals surface area (Å²) in [4.78, 5) is 26.2. The highest BCUT2D eigenvalue weighted by molar-refractivity contribution is 7.18. The van der Waals surface area contributed by atoms with Gasteiger partial charge in [-0.25, -0.2) is 18.2 Å². The Morgan fingerprint density at radius 1 is 1.10 bits per heavy atom. The lowest BCUT2D eigenvalue weighted by molar-refractivity contribution is -0.129. The van der Waals surface area contributed by atoms with Gasteiger partial charge >= 0.3 is 0 Å². The molecule has 0 aliphatic carbocycles. The van der Waals surface area contributed by atoms with Gasteiger partial charge < -0.3 is 14.4 Å². The first-order chi connectivity index (χ1) is 23.7. The molecule has 0 N–H and O–H groups in total. The Morgan fingerprint density at radius 2 is 1.96 bits per heavy atom. The van der Waals surface area contributed by atoms with Crippen LogP contribution in [0.5, 0.6) is 5.75 Å². The molecule has 7 rings (SSSR count). The van der Waals surface area contributed by atoms with Crippen LogP contribution in [0.2, 0.25) is 0 Å². The highest BCUT2D eigenvalue weighted by Gasteiger charge is 2.31. The number of nitrogens with zero attached hydrogens (tertiary/aromatic N) is 6. The fourth-order valence-corrected chi connectivity index (χ4v) is 7.60. The first-order valence-electron chi connectivity index (χ1n) is 16.1. The van der Waals surface area contributed by atoms with E-state index >= 15 is 4.39 Å². The number of aromatic nitrogens is 4. The Labute approximate surface area is 285 Å². The van der Waals surface area contributed by atoms with Crippen molar-refractivity contribution in [3.05, 3.63) is 83.7 Å². The number of benzene rings is 1. The summed E-state index contributed by atoms with van der Waals surface area (Å²) in [7, 11) is 1.52. The number of hydrogen-bond acceptors (Lipinski definition) is 8. The van der Waals surface area contributed by atoms with Gasteiger partial charge in [0.25, 0.3) is 0 Å². The fourth-order valence-electron chi connectivity index (χ4n) is 6.66. The van der Waals surface area contributed by atoms with E-state index in [0.717, 1.165) is 28.4 Å². The van der Waals surface area contributed by atoms with E-state index in [1.165, 1.54) is 30.6 Å². The molecule has 1 saturated heterocycles. The van der Waals surface area contributed by atoms with Crippen molar-refractivity contribution in [2.45, 2.75) is 38.6 Å². The van der Waals surface area contributed by atoms with E-state index in [2.05, 4.69) is 6.58 Å². The summed E-state index contributed by atoms with van der Waals surface area (Å²) in [5, 5.41) is 7.57. The molecule has 6 heterocycles. The number of thiophene rings is 1. The number of hydrogen-bond donors (Lipinski definition) is 0. The minimum atomic E-state index is -0.814. The number of fused-ring (bicyclic) bond motifs is 2. The number of ether oxygens (including phenoxy) is 2. The normalized spacial score (nSPS) is 17.9. The minimum Gasteiger partial charge on any atom is -0.490 e. The van der Waals surface area contributed by atoms with Gasteiger partial charge in [-0.1, -0.05) is 6.58 Å². The van der Waals surface area contributed by atoms with Crippen LogP contribution in [0.1, 0.15) is 30.8 Å². The standard InChI is InChI=1S/C36H35F3N6O3S/c1-4-31(46)44-10-11-45-29(21(44)2)17-28(42-45)35-33(32-27(39)15-24(38)16-30(32)48-13-12-47-3)36-26(8-14-49-36)34(41-35)22-5-6-25(40-18-22)20-43-9-7-23(37)19-43/h4-6,8,14-18,21,23H,1,7,9-13,19-20H2,2-3H3/t21-,23+/m1/s1. The third-order valence-electron chi connectivity index (χ3n) is 9.08. The number of halogens is 3. The molecule has 0 bridgehead atoms. The van der Waals surface area contributed by atoms with Crippen LogP contribution in [0.15, 0.2) is 60.6 Å². The number of methoxy groups -OCH3 is 1. The molecule has 1 aromatic carbocycles. The lowest BCUT2D eigenvalue weighted by Crippen LogP contribution is -2.40. The van der Waals surface area contributed by atoms with Crippen molar-refractivity contribution >= 4 is 27.3 Å². The number of carbonyl (C=O) groups is 1. The van der Waals surface area contributed by atoms with Crippen molar-refractivity contribution in [3.63, 3.8) is 0 Å². The summed E-state index contributed by atoms with van der Waals surface area (Å²) < 4.78 is 58.1.